The summed E-state index contributed by atoms with van der Waals surface area (Å²) in [6, 6.07) is 8.37. The summed E-state index contributed by atoms with van der Waals surface area (Å²) in [5, 5.41) is 3.99. The van der Waals surface area contributed by atoms with Crippen LogP contribution in [0.2, 0.25) is 0 Å². The minimum Gasteiger partial charge on any atom is -0.378 e. The molecule has 1 unspecified atom stereocenters. The summed E-state index contributed by atoms with van der Waals surface area (Å²) in [7, 11) is 5.94. The molecule has 1 aromatic carbocycles. The fourth-order valence-corrected chi connectivity index (χ4v) is 2.77. The standard InChI is InChI=1S/C14H20N4S/c1-9(15)13-12(17-14(16-2)19-13)10-5-7-11(8-6-10)18(3)4/h5-9H,15H2,1-4H3,(H,16,17). The number of nitrogens with zero attached hydrogens (tertiary/aromatic N) is 2. The van der Waals surface area contributed by atoms with Crippen molar-refractivity contribution in [2.24, 2.45) is 5.73 Å². The molecule has 0 aliphatic carbocycles. The lowest BCUT2D eigenvalue weighted by Crippen LogP contribution is -2.08. The Morgan fingerprint density at radius 2 is 1.89 bits per heavy atom. The number of anilines is 2. The Balaban J connectivity index is 2.42. The first kappa shape index (κ1) is 13.8. The van der Waals surface area contributed by atoms with Crippen LogP contribution in [0.3, 0.4) is 0 Å². The van der Waals surface area contributed by atoms with Crippen molar-refractivity contribution in [1.82, 2.24) is 4.98 Å². The molecule has 19 heavy (non-hydrogen) atoms. The van der Waals surface area contributed by atoms with Gasteiger partial charge in [0.2, 0.25) is 0 Å². The lowest BCUT2D eigenvalue weighted by molar-refractivity contribution is 0.837. The number of rotatable bonds is 4. The summed E-state index contributed by atoms with van der Waals surface area (Å²) in [6.07, 6.45) is 0. The number of nitrogens with two attached hydrogens (primary N) is 1. The number of nitrogens with one attached hydrogen (secondary N) is 1. The van der Waals surface area contributed by atoms with Gasteiger partial charge in [0.15, 0.2) is 5.13 Å². The predicted octanol–water partition coefficient (Wildman–Crippen LogP) is 2.94. The van der Waals surface area contributed by atoms with Gasteiger partial charge >= 0.3 is 0 Å². The minimum atomic E-state index is -0.0110. The van der Waals surface area contributed by atoms with Gasteiger partial charge in [0.1, 0.15) is 0 Å². The molecule has 0 amide bonds. The molecule has 2 aromatic rings. The zero-order valence-corrected chi connectivity index (χ0v) is 12.6. The third-order valence-electron chi connectivity index (χ3n) is 2.94. The maximum absolute atomic E-state index is 6.03. The predicted molar refractivity (Wildman–Crippen MR) is 84.0 cm³/mol. The van der Waals surface area contributed by atoms with Gasteiger partial charge in [-0.15, -0.1) is 0 Å². The highest BCUT2D eigenvalue weighted by Crippen LogP contribution is 2.34. The lowest BCUT2D eigenvalue weighted by Gasteiger charge is -2.12. The fourth-order valence-electron chi connectivity index (χ4n) is 1.87. The van der Waals surface area contributed by atoms with E-state index in [4.69, 9.17) is 5.73 Å². The van der Waals surface area contributed by atoms with E-state index in [9.17, 15) is 0 Å². The Morgan fingerprint density at radius 1 is 1.26 bits per heavy atom. The number of thiazole rings is 1. The average molecular weight is 276 g/mol. The van der Waals surface area contributed by atoms with Crippen LogP contribution < -0.4 is 16.0 Å². The smallest absolute Gasteiger partial charge is 0.183 e. The number of hydrogen-bond acceptors (Lipinski definition) is 5. The first-order chi connectivity index (χ1) is 9.02. The zero-order valence-electron chi connectivity index (χ0n) is 11.8. The van der Waals surface area contributed by atoms with Gasteiger partial charge in [0.05, 0.1) is 10.6 Å². The molecule has 102 valence electrons. The molecule has 4 nitrogen and oxygen atoms in total. The van der Waals surface area contributed by atoms with Gasteiger partial charge in [-0.1, -0.05) is 23.5 Å². The Hall–Kier alpha value is -1.59. The minimum absolute atomic E-state index is 0.0110. The molecule has 0 saturated heterocycles. The number of benzene rings is 1. The first-order valence-electron chi connectivity index (χ1n) is 6.24. The highest BCUT2D eigenvalue weighted by Gasteiger charge is 2.15. The molecule has 0 bridgehead atoms. The monoisotopic (exact) mass is 276 g/mol. The van der Waals surface area contributed by atoms with Crippen molar-refractivity contribution in [2.75, 3.05) is 31.4 Å². The van der Waals surface area contributed by atoms with Crippen LogP contribution in [0.5, 0.6) is 0 Å². The molecule has 0 saturated carbocycles. The average Bonchev–Trinajstić information content (AvgIpc) is 2.83. The fraction of sp³-hybridized carbons (Fsp3) is 0.357. The SMILES string of the molecule is CNc1nc(-c2ccc(N(C)C)cc2)c(C(C)N)s1. The van der Waals surface area contributed by atoms with Crippen molar-refractivity contribution in [1.29, 1.82) is 0 Å². The number of hydrogen-bond donors (Lipinski definition) is 2. The van der Waals surface area contributed by atoms with Crippen molar-refractivity contribution in [3.8, 4) is 11.3 Å². The van der Waals surface area contributed by atoms with Crippen LogP contribution in [0, 0.1) is 0 Å². The molecule has 1 aromatic heterocycles. The Kier molecular flexibility index (Phi) is 4.07. The lowest BCUT2D eigenvalue weighted by atomic mass is 10.1. The highest BCUT2D eigenvalue weighted by molar-refractivity contribution is 7.16. The molecule has 5 heteroatoms. The molecule has 0 aliphatic heterocycles. The summed E-state index contributed by atoms with van der Waals surface area (Å²) < 4.78 is 0. The van der Waals surface area contributed by atoms with E-state index >= 15 is 0 Å². The topological polar surface area (TPSA) is 54.2 Å². The third kappa shape index (κ3) is 2.88. The summed E-state index contributed by atoms with van der Waals surface area (Å²) in [6.45, 7) is 1.99. The zero-order chi connectivity index (χ0) is 14.0. The van der Waals surface area contributed by atoms with Gasteiger partial charge in [-0.05, 0) is 19.1 Å². The van der Waals surface area contributed by atoms with Crippen LogP contribution in [0.4, 0.5) is 10.8 Å². The van der Waals surface area contributed by atoms with Crippen molar-refractivity contribution in [2.45, 2.75) is 13.0 Å². The molecule has 0 aliphatic rings. The molecule has 0 fully saturated rings. The molecule has 0 radical (unpaired) electrons. The van der Waals surface area contributed by atoms with Crippen LogP contribution in [0.15, 0.2) is 24.3 Å². The Bertz CT molecular complexity index is 543. The van der Waals surface area contributed by atoms with E-state index in [1.54, 1.807) is 11.3 Å². The van der Waals surface area contributed by atoms with E-state index in [0.717, 1.165) is 21.3 Å². The molecular weight excluding hydrogens is 256 g/mol. The second-order valence-electron chi connectivity index (χ2n) is 4.71. The van der Waals surface area contributed by atoms with Crippen LogP contribution in [0.25, 0.3) is 11.3 Å². The van der Waals surface area contributed by atoms with Gasteiger partial charge in [-0.3, -0.25) is 0 Å². The summed E-state index contributed by atoms with van der Waals surface area (Å²) in [5.41, 5.74) is 9.30. The Labute approximate surface area is 118 Å². The first-order valence-corrected chi connectivity index (χ1v) is 7.06. The maximum Gasteiger partial charge on any atom is 0.183 e. The van der Waals surface area contributed by atoms with Crippen LogP contribution >= 0.6 is 11.3 Å². The largest absolute Gasteiger partial charge is 0.378 e. The van der Waals surface area contributed by atoms with Crippen LogP contribution in [-0.2, 0) is 0 Å². The van der Waals surface area contributed by atoms with Gasteiger partial charge in [0, 0.05) is 38.4 Å². The van der Waals surface area contributed by atoms with Crippen LogP contribution in [0.1, 0.15) is 17.8 Å². The molecule has 0 spiro atoms. The van der Waals surface area contributed by atoms with E-state index in [-0.39, 0.29) is 6.04 Å². The van der Waals surface area contributed by atoms with Gasteiger partial charge < -0.3 is 16.0 Å². The van der Waals surface area contributed by atoms with Crippen molar-refractivity contribution >= 4 is 22.2 Å². The second kappa shape index (κ2) is 5.59. The molecule has 1 atom stereocenters. The van der Waals surface area contributed by atoms with Crippen molar-refractivity contribution in [3.05, 3.63) is 29.1 Å². The van der Waals surface area contributed by atoms with Gasteiger partial charge in [0.25, 0.3) is 0 Å². The van der Waals surface area contributed by atoms with Crippen LogP contribution in [-0.4, -0.2) is 26.1 Å². The second-order valence-corrected chi connectivity index (χ2v) is 5.74. The normalized spacial score (nSPS) is 12.3. The number of aromatic nitrogens is 1. The molecular formula is C14H20N4S. The molecule has 2 rings (SSSR count). The van der Waals surface area contributed by atoms with E-state index in [1.807, 2.05) is 28.1 Å². The molecule has 3 N–H and O–H groups in total. The maximum atomic E-state index is 6.03. The summed E-state index contributed by atoms with van der Waals surface area (Å²) in [4.78, 5) is 7.80. The molecule has 1 heterocycles. The van der Waals surface area contributed by atoms with Crippen molar-refractivity contribution < 1.29 is 0 Å². The quantitative estimate of drug-likeness (QED) is 0.901. The van der Waals surface area contributed by atoms with E-state index in [1.165, 1.54) is 5.69 Å². The van der Waals surface area contributed by atoms with Crippen molar-refractivity contribution in [3.63, 3.8) is 0 Å². The van der Waals surface area contributed by atoms with E-state index in [0.29, 0.717) is 0 Å². The van der Waals surface area contributed by atoms with Gasteiger partial charge in [-0.25, -0.2) is 4.98 Å². The third-order valence-corrected chi connectivity index (χ3v) is 4.21. The van der Waals surface area contributed by atoms with Gasteiger partial charge in [-0.2, -0.15) is 0 Å². The van der Waals surface area contributed by atoms with E-state index < -0.39 is 0 Å². The highest BCUT2D eigenvalue weighted by atomic mass is 32.1. The van der Waals surface area contributed by atoms with E-state index in [2.05, 4.69) is 39.5 Å². The Morgan fingerprint density at radius 3 is 2.37 bits per heavy atom. The summed E-state index contributed by atoms with van der Waals surface area (Å²) in [5.74, 6) is 0. The summed E-state index contributed by atoms with van der Waals surface area (Å²) >= 11 is 1.62.